The molecular weight excluding hydrogens is 322 g/mol. The van der Waals surface area contributed by atoms with Crippen molar-refractivity contribution in [3.05, 3.63) is 0 Å². The number of hydrogen-bond donors (Lipinski definition) is 2. The molecule has 0 saturated carbocycles. The number of hydrogen-bond acceptors (Lipinski definition) is 7. The zero-order valence-corrected chi connectivity index (χ0v) is 15.1. The van der Waals surface area contributed by atoms with E-state index in [9.17, 15) is 14.7 Å². The lowest BCUT2D eigenvalue weighted by atomic mass is 10.0. The molecule has 1 amide bonds. The Kier molecular flexibility index (Phi) is 7.16. The minimum Gasteiger partial charge on any atom is -0.464 e. The van der Waals surface area contributed by atoms with Crippen molar-refractivity contribution < 1.29 is 28.4 Å². The van der Waals surface area contributed by atoms with Gasteiger partial charge >= 0.3 is 12.1 Å². The van der Waals surface area contributed by atoms with Crippen LogP contribution < -0.4 is 0 Å². The van der Waals surface area contributed by atoms with Crippen molar-refractivity contribution in [2.24, 2.45) is 0 Å². The van der Waals surface area contributed by atoms with Crippen molar-refractivity contribution in [1.82, 2.24) is 4.90 Å². The number of thiol groups is 1. The van der Waals surface area contributed by atoms with E-state index in [0.29, 0.717) is 0 Å². The Balaban J connectivity index is 2.84. The highest BCUT2D eigenvalue weighted by Gasteiger charge is 2.50. The first-order valence-electron chi connectivity index (χ1n) is 7.77. The van der Waals surface area contributed by atoms with Crippen molar-refractivity contribution in [3.8, 4) is 0 Å². The lowest BCUT2D eigenvalue weighted by molar-refractivity contribution is -0.149. The zero-order valence-electron chi connectivity index (χ0n) is 14.2. The van der Waals surface area contributed by atoms with Crippen molar-refractivity contribution >= 4 is 25.0 Å². The molecule has 134 valence electrons. The van der Waals surface area contributed by atoms with Gasteiger partial charge in [-0.05, 0) is 40.1 Å². The standard InChI is InChI=1S/C15H27NO6S/c1-5-6-7-20-12(17)11-8-15(19,10-21-23)9-16(11)13(18)22-14(2,3)4/h11,19,23H,5-10H2,1-4H3/t11-,15-/m0/s1. The first-order chi connectivity index (χ1) is 10.6. The average molecular weight is 349 g/mol. The van der Waals surface area contributed by atoms with Crippen molar-refractivity contribution in [3.63, 3.8) is 0 Å². The molecule has 1 fully saturated rings. The fourth-order valence-corrected chi connectivity index (χ4v) is 2.56. The van der Waals surface area contributed by atoms with Crippen LogP contribution in [0.1, 0.15) is 47.0 Å². The molecule has 1 heterocycles. The van der Waals surface area contributed by atoms with Gasteiger partial charge in [0.15, 0.2) is 0 Å². The Morgan fingerprint density at radius 3 is 2.57 bits per heavy atom. The molecule has 0 spiro atoms. The van der Waals surface area contributed by atoms with Gasteiger partial charge in [-0.1, -0.05) is 13.3 Å². The lowest BCUT2D eigenvalue weighted by Gasteiger charge is -2.27. The summed E-state index contributed by atoms with van der Waals surface area (Å²) in [5, 5.41) is 10.5. The smallest absolute Gasteiger partial charge is 0.411 e. The molecule has 1 saturated heterocycles. The predicted octanol–water partition coefficient (Wildman–Crippen LogP) is 1.93. The number of carbonyl (C=O) groups excluding carboxylic acids is 2. The fraction of sp³-hybridized carbons (Fsp3) is 0.867. The Morgan fingerprint density at radius 1 is 1.39 bits per heavy atom. The Morgan fingerprint density at radius 2 is 2.04 bits per heavy atom. The van der Waals surface area contributed by atoms with Crippen LogP contribution in [0.15, 0.2) is 0 Å². The van der Waals surface area contributed by atoms with Crippen LogP contribution in [0.5, 0.6) is 0 Å². The van der Waals surface area contributed by atoms with Crippen molar-refractivity contribution in [2.75, 3.05) is 19.8 Å². The molecule has 0 aliphatic carbocycles. The number of amides is 1. The minimum absolute atomic E-state index is 0.0256. The Bertz CT molecular complexity index is 425. The van der Waals surface area contributed by atoms with Gasteiger partial charge in [-0.2, -0.15) is 0 Å². The van der Waals surface area contributed by atoms with Crippen LogP contribution >= 0.6 is 12.9 Å². The van der Waals surface area contributed by atoms with Gasteiger partial charge in [0.25, 0.3) is 0 Å². The summed E-state index contributed by atoms with van der Waals surface area (Å²) in [6.45, 7) is 7.30. The number of ether oxygens (including phenoxy) is 2. The molecule has 1 rings (SSSR count). The van der Waals surface area contributed by atoms with Crippen molar-refractivity contribution in [1.29, 1.82) is 0 Å². The zero-order chi connectivity index (χ0) is 17.7. The molecule has 0 radical (unpaired) electrons. The summed E-state index contributed by atoms with van der Waals surface area (Å²) in [7, 11) is 0. The third-order valence-corrected chi connectivity index (χ3v) is 3.52. The van der Waals surface area contributed by atoms with E-state index in [-0.39, 0.29) is 26.2 Å². The summed E-state index contributed by atoms with van der Waals surface area (Å²) < 4.78 is 15.2. The second-order valence-corrected chi connectivity index (χ2v) is 7.11. The molecule has 7 nitrogen and oxygen atoms in total. The number of β-amino-alcohol motifs (C(OH)–C–C–N with tert-alkyl or cyclic N) is 1. The van der Waals surface area contributed by atoms with E-state index < -0.39 is 29.3 Å². The van der Waals surface area contributed by atoms with Gasteiger partial charge < -0.3 is 18.8 Å². The molecular formula is C15H27NO6S. The normalized spacial score (nSPS) is 24.6. The van der Waals surface area contributed by atoms with E-state index in [1.807, 2.05) is 6.92 Å². The average Bonchev–Trinajstić information content (AvgIpc) is 2.76. The van der Waals surface area contributed by atoms with Crippen LogP contribution in [0.4, 0.5) is 4.79 Å². The molecule has 1 aliphatic rings. The van der Waals surface area contributed by atoms with Gasteiger partial charge in [0.05, 0.1) is 19.8 Å². The van der Waals surface area contributed by atoms with Gasteiger partial charge in [0.1, 0.15) is 17.2 Å². The SMILES string of the molecule is CCCCOC(=O)[C@@H]1C[C@@](O)(COS)CN1C(=O)OC(C)(C)C. The first kappa shape index (κ1) is 20.1. The topological polar surface area (TPSA) is 85.3 Å². The van der Waals surface area contributed by atoms with Crippen molar-refractivity contribution in [2.45, 2.75) is 64.2 Å². The number of unbranched alkanes of at least 4 members (excludes halogenated alkanes) is 1. The van der Waals surface area contributed by atoms with E-state index in [1.165, 1.54) is 4.90 Å². The highest BCUT2D eigenvalue weighted by atomic mass is 32.1. The molecule has 0 aromatic rings. The minimum atomic E-state index is -1.35. The molecule has 23 heavy (non-hydrogen) atoms. The van der Waals surface area contributed by atoms with E-state index in [1.54, 1.807) is 20.8 Å². The summed E-state index contributed by atoms with van der Waals surface area (Å²) in [5.74, 6) is -0.542. The second-order valence-electron chi connectivity index (χ2n) is 6.85. The lowest BCUT2D eigenvalue weighted by Crippen LogP contribution is -2.45. The van der Waals surface area contributed by atoms with Crippen LogP contribution in [-0.4, -0.2) is 59.1 Å². The molecule has 0 aromatic heterocycles. The molecule has 1 N–H and O–H groups in total. The third kappa shape index (κ3) is 6.19. The largest absolute Gasteiger partial charge is 0.464 e. The third-order valence-electron chi connectivity index (χ3n) is 3.39. The van der Waals surface area contributed by atoms with Gasteiger partial charge in [-0.25, -0.2) is 9.59 Å². The highest BCUT2D eigenvalue weighted by molar-refractivity contribution is 7.75. The first-order valence-corrected chi connectivity index (χ1v) is 8.13. The van der Waals surface area contributed by atoms with E-state index in [0.717, 1.165) is 12.8 Å². The number of carbonyl (C=O) groups is 2. The maximum Gasteiger partial charge on any atom is 0.411 e. The molecule has 0 bridgehead atoms. The van der Waals surface area contributed by atoms with Crippen LogP contribution in [0.25, 0.3) is 0 Å². The molecule has 2 atom stereocenters. The van der Waals surface area contributed by atoms with Crippen LogP contribution in [0.2, 0.25) is 0 Å². The number of aliphatic hydroxyl groups is 1. The maximum absolute atomic E-state index is 12.3. The fourth-order valence-electron chi connectivity index (χ4n) is 2.32. The van der Waals surface area contributed by atoms with Gasteiger partial charge in [0.2, 0.25) is 0 Å². The summed E-state index contributed by atoms with van der Waals surface area (Å²) >= 11 is 3.64. The summed E-state index contributed by atoms with van der Waals surface area (Å²) in [6.07, 6.45) is 1.00. The number of likely N-dealkylation sites (tertiary alicyclic amines) is 1. The maximum atomic E-state index is 12.3. The van der Waals surface area contributed by atoms with E-state index in [4.69, 9.17) is 13.7 Å². The monoisotopic (exact) mass is 349 g/mol. The number of esters is 1. The van der Waals surface area contributed by atoms with Gasteiger partial charge in [-0.15, -0.1) is 0 Å². The molecule has 0 aromatic carbocycles. The second kappa shape index (κ2) is 8.21. The Labute approximate surface area is 142 Å². The van der Waals surface area contributed by atoms with Crippen LogP contribution in [0, 0.1) is 0 Å². The van der Waals surface area contributed by atoms with E-state index in [2.05, 4.69) is 12.9 Å². The van der Waals surface area contributed by atoms with Crippen LogP contribution in [-0.2, 0) is 18.5 Å². The van der Waals surface area contributed by atoms with Gasteiger partial charge in [-0.3, -0.25) is 4.90 Å². The highest BCUT2D eigenvalue weighted by Crippen LogP contribution is 2.30. The molecule has 0 unspecified atom stereocenters. The Hall–Kier alpha value is -0.990. The molecule has 1 aliphatic heterocycles. The number of rotatable bonds is 6. The van der Waals surface area contributed by atoms with Crippen LogP contribution in [0.3, 0.4) is 0 Å². The summed E-state index contributed by atoms with van der Waals surface area (Å²) in [4.78, 5) is 25.8. The summed E-state index contributed by atoms with van der Waals surface area (Å²) in [5.41, 5.74) is -2.05. The molecule has 8 heteroatoms. The van der Waals surface area contributed by atoms with E-state index >= 15 is 0 Å². The summed E-state index contributed by atoms with van der Waals surface area (Å²) in [6, 6.07) is -0.893. The predicted molar refractivity (Wildman–Crippen MR) is 87.1 cm³/mol. The quantitative estimate of drug-likeness (QED) is 0.330. The number of nitrogens with zero attached hydrogens (tertiary/aromatic N) is 1. The van der Waals surface area contributed by atoms with Gasteiger partial charge in [0, 0.05) is 6.42 Å².